The van der Waals surface area contributed by atoms with Crippen LogP contribution in [0.4, 0.5) is 16.2 Å². The largest absolute Gasteiger partial charge is 0.396 e. The van der Waals surface area contributed by atoms with Gasteiger partial charge in [-0.05, 0) is 56.9 Å². The summed E-state index contributed by atoms with van der Waals surface area (Å²) < 4.78 is 0. The summed E-state index contributed by atoms with van der Waals surface area (Å²) in [5, 5.41) is 14.5. The Hall–Kier alpha value is -1.75. The van der Waals surface area contributed by atoms with E-state index < -0.39 is 0 Å². The van der Waals surface area contributed by atoms with Gasteiger partial charge >= 0.3 is 6.03 Å². The number of aryl methyl sites for hydroxylation is 1. The molecule has 1 aliphatic heterocycles. The predicted molar refractivity (Wildman–Crippen MR) is 85.9 cm³/mol. The first kappa shape index (κ1) is 15.6. The molecule has 1 fully saturated rings. The molecule has 1 aromatic carbocycles. The molecule has 2 rings (SSSR count). The first-order valence-electron chi connectivity index (χ1n) is 7.64. The number of aliphatic hydroxyl groups is 1. The number of hydrogen-bond acceptors (Lipinski definition) is 3. The van der Waals surface area contributed by atoms with Crippen LogP contribution in [0.25, 0.3) is 0 Å². The predicted octanol–water partition coefficient (Wildman–Crippen LogP) is 2.49. The molecule has 1 saturated heterocycles. The van der Waals surface area contributed by atoms with Crippen molar-refractivity contribution in [2.45, 2.75) is 39.2 Å². The molecule has 5 heteroatoms. The second kappa shape index (κ2) is 7.31. The third kappa shape index (κ3) is 4.36. The van der Waals surface area contributed by atoms with Crippen LogP contribution in [-0.4, -0.2) is 36.9 Å². The Balaban J connectivity index is 1.95. The molecule has 0 spiro atoms. The van der Waals surface area contributed by atoms with E-state index in [0.717, 1.165) is 24.3 Å². The lowest BCUT2D eigenvalue weighted by molar-refractivity contribution is 0.241. The maximum atomic E-state index is 11.9. The minimum atomic E-state index is -0.229. The van der Waals surface area contributed by atoms with Crippen molar-refractivity contribution >= 4 is 17.4 Å². The van der Waals surface area contributed by atoms with E-state index >= 15 is 0 Å². The molecule has 0 aliphatic carbocycles. The normalized spacial score (nSPS) is 15.9. The van der Waals surface area contributed by atoms with E-state index in [-0.39, 0.29) is 18.7 Å². The molecule has 1 aromatic rings. The van der Waals surface area contributed by atoms with Crippen molar-refractivity contribution in [3.8, 4) is 0 Å². The van der Waals surface area contributed by atoms with Crippen molar-refractivity contribution in [1.82, 2.24) is 5.32 Å². The Labute approximate surface area is 126 Å². The molecule has 0 aromatic heterocycles. The summed E-state index contributed by atoms with van der Waals surface area (Å²) in [6.45, 7) is 6.19. The Morgan fingerprint density at radius 1 is 1.38 bits per heavy atom. The number of amides is 2. The Morgan fingerprint density at radius 3 is 2.71 bits per heavy atom. The minimum absolute atomic E-state index is 0.0424. The van der Waals surface area contributed by atoms with Crippen LogP contribution in [0, 0.1) is 6.92 Å². The molecule has 0 radical (unpaired) electrons. The van der Waals surface area contributed by atoms with Gasteiger partial charge in [0.15, 0.2) is 0 Å². The highest BCUT2D eigenvalue weighted by Gasteiger charge is 2.14. The highest BCUT2D eigenvalue weighted by atomic mass is 16.3. The highest BCUT2D eigenvalue weighted by Crippen LogP contribution is 2.25. The first-order chi connectivity index (χ1) is 10.1. The van der Waals surface area contributed by atoms with Gasteiger partial charge in [0, 0.05) is 37.1 Å². The summed E-state index contributed by atoms with van der Waals surface area (Å²) >= 11 is 0. The Kier molecular flexibility index (Phi) is 5.44. The van der Waals surface area contributed by atoms with Gasteiger partial charge in [-0.3, -0.25) is 0 Å². The average molecular weight is 291 g/mol. The van der Waals surface area contributed by atoms with Gasteiger partial charge in [-0.2, -0.15) is 0 Å². The Bertz CT molecular complexity index is 484. The monoisotopic (exact) mass is 291 g/mol. The van der Waals surface area contributed by atoms with E-state index in [2.05, 4.69) is 27.7 Å². The maximum Gasteiger partial charge on any atom is 0.319 e. The standard InChI is InChI=1S/C16H25N3O2/c1-12-11-14(19-8-3-4-9-19)5-6-15(12)18-16(21)17-13(2)7-10-20/h5-6,11,13,20H,3-4,7-10H2,1-2H3,(H2,17,18,21)/t13-/m1/s1. The van der Waals surface area contributed by atoms with Crippen LogP contribution in [0.3, 0.4) is 0 Å². The molecule has 116 valence electrons. The van der Waals surface area contributed by atoms with Gasteiger partial charge in [-0.1, -0.05) is 0 Å². The molecule has 0 saturated carbocycles. The Morgan fingerprint density at radius 2 is 2.10 bits per heavy atom. The number of carbonyl (C=O) groups excluding carboxylic acids is 1. The van der Waals surface area contributed by atoms with Crippen LogP contribution in [0.5, 0.6) is 0 Å². The number of hydrogen-bond donors (Lipinski definition) is 3. The van der Waals surface area contributed by atoms with E-state index in [1.807, 2.05) is 19.9 Å². The van der Waals surface area contributed by atoms with Crippen molar-refractivity contribution in [1.29, 1.82) is 0 Å². The van der Waals surface area contributed by atoms with Crippen molar-refractivity contribution in [2.24, 2.45) is 0 Å². The van der Waals surface area contributed by atoms with Gasteiger partial charge in [0.05, 0.1) is 0 Å². The van der Waals surface area contributed by atoms with E-state index in [0.29, 0.717) is 6.42 Å². The van der Waals surface area contributed by atoms with Gasteiger partial charge in [-0.25, -0.2) is 4.79 Å². The number of carbonyl (C=O) groups is 1. The summed E-state index contributed by atoms with van der Waals surface area (Å²) in [6.07, 6.45) is 3.06. The average Bonchev–Trinajstić information content (AvgIpc) is 2.95. The van der Waals surface area contributed by atoms with Gasteiger partial charge in [-0.15, -0.1) is 0 Å². The van der Waals surface area contributed by atoms with Crippen molar-refractivity contribution < 1.29 is 9.90 Å². The molecule has 5 nitrogen and oxygen atoms in total. The first-order valence-corrected chi connectivity index (χ1v) is 7.64. The summed E-state index contributed by atoms with van der Waals surface area (Å²) in [4.78, 5) is 14.3. The molecule has 0 bridgehead atoms. The number of aliphatic hydroxyl groups excluding tert-OH is 1. The molecule has 21 heavy (non-hydrogen) atoms. The summed E-state index contributed by atoms with van der Waals surface area (Å²) in [5.74, 6) is 0. The maximum absolute atomic E-state index is 11.9. The van der Waals surface area contributed by atoms with Gasteiger partial charge in [0.25, 0.3) is 0 Å². The molecule has 3 N–H and O–H groups in total. The van der Waals surface area contributed by atoms with Crippen LogP contribution in [-0.2, 0) is 0 Å². The molecule has 1 aliphatic rings. The van der Waals surface area contributed by atoms with Crippen molar-refractivity contribution in [2.75, 3.05) is 29.9 Å². The molecule has 1 heterocycles. The van der Waals surface area contributed by atoms with Crippen molar-refractivity contribution in [3.63, 3.8) is 0 Å². The van der Waals surface area contributed by atoms with Crippen molar-refractivity contribution in [3.05, 3.63) is 23.8 Å². The summed E-state index contributed by atoms with van der Waals surface area (Å²) in [5.41, 5.74) is 3.11. The second-order valence-corrected chi connectivity index (χ2v) is 5.71. The fourth-order valence-corrected chi connectivity index (χ4v) is 2.61. The van der Waals surface area contributed by atoms with Gasteiger partial charge in [0.1, 0.15) is 0 Å². The van der Waals surface area contributed by atoms with E-state index in [1.54, 1.807) is 0 Å². The quantitative estimate of drug-likeness (QED) is 0.781. The fraction of sp³-hybridized carbons (Fsp3) is 0.562. The molecular formula is C16H25N3O2. The number of rotatable bonds is 5. The summed E-state index contributed by atoms with van der Waals surface area (Å²) in [7, 11) is 0. The van der Waals surface area contributed by atoms with Gasteiger partial charge in [0.2, 0.25) is 0 Å². The number of benzene rings is 1. The number of urea groups is 1. The molecular weight excluding hydrogens is 266 g/mol. The third-order valence-corrected chi connectivity index (χ3v) is 3.87. The van der Waals surface area contributed by atoms with Crippen LogP contribution >= 0.6 is 0 Å². The lowest BCUT2D eigenvalue weighted by atomic mass is 10.1. The molecule has 2 amide bonds. The van der Waals surface area contributed by atoms with Crippen LogP contribution in [0.1, 0.15) is 31.7 Å². The lowest BCUT2D eigenvalue weighted by Crippen LogP contribution is -2.36. The van der Waals surface area contributed by atoms with Crippen LogP contribution in [0.2, 0.25) is 0 Å². The van der Waals surface area contributed by atoms with Gasteiger partial charge < -0.3 is 20.6 Å². The lowest BCUT2D eigenvalue weighted by Gasteiger charge is -2.20. The highest BCUT2D eigenvalue weighted by molar-refractivity contribution is 5.90. The molecule has 1 atom stereocenters. The third-order valence-electron chi connectivity index (χ3n) is 3.87. The van der Waals surface area contributed by atoms with Crippen LogP contribution < -0.4 is 15.5 Å². The van der Waals surface area contributed by atoms with E-state index in [9.17, 15) is 4.79 Å². The smallest absolute Gasteiger partial charge is 0.319 e. The zero-order valence-corrected chi connectivity index (χ0v) is 12.9. The molecule has 0 unspecified atom stereocenters. The second-order valence-electron chi connectivity index (χ2n) is 5.71. The SMILES string of the molecule is Cc1cc(N2CCCC2)ccc1NC(=O)N[C@H](C)CCO. The summed E-state index contributed by atoms with van der Waals surface area (Å²) in [6, 6.07) is 5.87. The minimum Gasteiger partial charge on any atom is -0.396 e. The van der Waals surface area contributed by atoms with E-state index in [4.69, 9.17) is 5.11 Å². The van der Waals surface area contributed by atoms with E-state index in [1.165, 1.54) is 18.5 Å². The number of nitrogens with zero attached hydrogens (tertiary/aromatic N) is 1. The van der Waals surface area contributed by atoms with Crippen LogP contribution in [0.15, 0.2) is 18.2 Å². The zero-order chi connectivity index (χ0) is 15.2. The number of nitrogens with one attached hydrogen (secondary N) is 2. The zero-order valence-electron chi connectivity index (χ0n) is 12.9. The fourth-order valence-electron chi connectivity index (χ4n) is 2.61. The topological polar surface area (TPSA) is 64.6 Å². The number of anilines is 2.